The van der Waals surface area contributed by atoms with Gasteiger partial charge in [-0.15, -0.1) is 0 Å². The van der Waals surface area contributed by atoms with Crippen LogP contribution in [-0.2, 0) is 23.6 Å². The second kappa shape index (κ2) is 9.21. The summed E-state index contributed by atoms with van der Waals surface area (Å²) in [7, 11) is -2.52. The van der Waals surface area contributed by atoms with E-state index in [1.54, 1.807) is 38.5 Å². The molecular weight excluding hydrogens is 510 g/mol. The highest BCUT2D eigenvalue weighted by molar-refractivity contribution is 7.90. The molecule has 9 heteroatoms. The average Bonchev–Trinajstić information content (AvgIpc) is 3.25. The van der Waals surface area contributed by atoms with E-state index in [2.05, 4.69) is 0 Å². The second-order valence-corrected chi connectivity index (χ2v) is 11.0. The van der Waals surface area contributed by atoms with Crippen LogP contribution in [0.15, 0.2) is 93.6 Å². The predicted molar refractivity (Wildman–Crippen MR) is 147 cm³/mol. The first-order valence-electron chi connectivity index (χ1n) is 11.7. The maximum absolute atomic E-state index is 13.7. The Morgan fingerprint density at radius 1 is 0.865 bits per heavy atom. The molecule has 3 heterocycles. The molecule has 0 aliphatic heterocycles. The molecule has 0 fully saturated rings. The summed E-state index contributed by atoms with van der Waals surface area (Å²) in [5, 5.41) is 0.230. The third-order valence-electron chi connectivity index (χ3n) is 6.46. The van der Waals surface area contributed by atoms with E-state index in [-0.39, 0.29) is 21.1 Å². The van der Waals surface area contributed by atoms with Crippen LogP contribution >= 0.6 is 11.6 Å². The molecule has 188 valence electrons. The van der Waals surface area contributed by atoms with Crippen LogP contribution in [0.3, 0.4) is 0 Å². The SMILES string of the molecule is CCn1cc(-c2cc(=O)n(C)cc2-c2ccccc2)c2cc(Cl)n(S(=O)(=O)c3ccc(C)cc3)c2c1=O. The van der Waals surface area contributed by atoms with Gasteiger partial charge in [0.25, 0.3) is 21.1 Å². The summed E-state index contributed by atoms with van der Waals surface area (Å²) in [4.78, 5) is 26.3. The van der Waals surface area contributed by atoms with Crippen LogP contribution in [0.5, 0.6) is 0 Å². The number of rotatable bonds is 5. The van der Waals surface area contributed by atoms with Gasteiger partial charge in [-0.2, -0.15) is 0 Å². The van der Waals surface area contributed by atoms with Crippen molar-refractivity contribution in [3.8, 4) is 22.3 Å². The van der Waals surface area contributed by atoms with Gasteiger partial charge in [0.2, 0.25) is 0 Å². The summed E-state index contributed by atoms with van der Waals surface area (Å²) in [6.45, 7) is 3.94. The van der Waals surface area contributed by atoms with E-state index < -0.39 is 15.6 Å². The van der Waals surface area contributed by atoms with Gasteiger partial charge in [0.1, 0.15) is 10.7 Å². The quantitative estimate of drug-likeness (QED) is 0.316. The fourth-order valence-corrected chi connectivity index (χ4v) is 6.35. The van der Waals surface area contributed by atoms with Crippen LogP contribution in [0.25, 0.3) is 33.2 Å². The summed E-state index contributed by atoms with van der Waals surface area (Å²) in [6, 6.07) is 18.9. The highest BCUT2D eigenvalue weighted by atomic mass is 35.5. The van der Waals surface area contributed by atoms with Crippen LogP contribution in [0.2, 0.25) is 5.15 Å². The number of hydrogen-bond acceptors (Lipinski definition) is 4. The lowest BCUT2D eigenvalue weighted by Gasteiger charge is -2.15. The van der Waals surface area contributed by atoms with Crippen molar-refractivity contribution in [1.82, 2.24) is 13.1 Å². The van der Waals surface area contributed by atoms with Crippen molar-refractivity contribution >= 4 is 32.5 Å². The first kappa shape index (κ1) is 24.8. The van der Waals surface area contributed by atoms with E-state index in [1.165, 1.54) is 33.4 Å². The maximum Gasteiger partial charge on any atom is 0.276 e. The van der Waals surface area contributed by atoms with Gasteiger partial charge < -0.3 is 9.13 Å². The second-order valence-electron chi connectivity index (χ2n) is 8.86. The van der Waals surface area contributed by atoms with Crippen LogP contribution in [0.1, 0.15) is 12.5 Å². The van der Waals surface area contributed by atoms with Crippen LogP contribution in [-0.4, -0.2) is 21.5 Å². The molecule has 2 aromatic carbocycles. The smallest absolute Gasteiger partial charge is 0.276 e. The average molecular weight is 534 g/mol. The predicted octanol–water partition coefficient (Wildman–Crippen LogP) is 5.05. The first-order chi connectivity index (χ1) is 17.6. The highest BCUT2D eigenvalue weighted by Gasteiger charge is 2.27. The lowest BCUT2D eigenvalue weighted by molar-refractivity contribution is 0.588. The van der Waals surface area contributed by atoms with Gasteiger partial charge in [-0.25, -0.2) is 12.4 Å². The van der Waals surface area contributed by atoms with E-state index in [1.807, 2.05) is 37.3 Å². The van der Waals surface area contributed by atoms with Crippen molar-refractivity contribution in [3.63, 3.8) is 0 Å². The lowest BCUT2D eigenvalue weighted by Crippen LogP contribution is -2.24. The maximum atomic E-state index is 13.7. The monoisotopic (exact) mass is 533 g/mol. The Kier molecular flexibility index (Phi) is 6.17. The molecule has 3 aromatic heterocycles. The minimum atomic E-state index is -4.19. The molecule has 0 spiro atoms. The van der Waals surface area contributed by atoms with Gasteiger partial charge in [0, 0.05) is 48.6 Å². The zero-order valence-electron chi connectivity index (χ0n) is 20.5. The minimum absolute atomic E-state index is 0.0175. The Bertz CT molecular complexity index is 1890. The van der Waals surface area contributed by atoms with E-state index in [4.69, 9.17) is 11.6 Å². The Hall–Kier alpha value is -3.88. The molecule has 5 rings (SSSR count). The van der Waals surface area contributed by atoms with Gasteiger partial charge in [0.05, 0.1) is 4.90 Å². The third kappa shape index (κ3) is 4.12. The molecule has 0 bridgehead atoms. The molecule has 7 nitrogen and oxygen atoms in total. The Morgan fingerprint density at radius 3 is 2.19 bits per heavy atom. The van der Waals surface area contributed by atoms with E-state index in [9.17, 15) is 18.0 Å². The minimum Gasteiger partial charge on any atom is -0.318 e. The fourth-order valence-electron chi connectivity index (χ4n) is 4.49. The standard InChI is InChI=1S/C28H24ClN3O4S/c1-4-31-17-24(21-15-26(33)30(3)16-23(21)19-8-6-5-7-9-19)22-14-25(29)32(27(22)28(31)34)37(35,36)20-12-10-18(2)11-13-20/h5-17H,4H2,1-3H3. The molecule has 0 aliphatic rings. The number of aryl methyl sites for hydroxylation is 3. The summed E-state index contributed by atoms with van der Waals surface area (Å²) in [5.74, 6) is 0. The Balaban J connectivity index is 1.90. The van der Waals surface area contributed by atoms with E-state index in [0.29, 0.717) is 23.1 Å². The van der Waals surface area contributed by atoms with Gasteiger partial charge in [0.15, 0.2) is 0 Å². The zero-order chi connectivity index (χ0) is 26.5. The summed E-state index contributed by atoms with van der Waals surface area (Å²) < 4.78 is 31.2. The van der Waals surface area contributed by atoms with Crippen molar-refractivity contribution in [2.24, 2.45) is 7.05 Å². The molecule has 0 radical (unpaired) electrons. The largest absolute Gasteiger partial charge is 0.318 e. The van der Waals surface area contributed by atoms with Crippen molar-refractivity contribution in [2.45, 2.75) is 25.3 Å². The molecule has 37 heavy (non-hydrogen) atoms. The van der Waals surface area contributed by atoms with Crippen LogP contribution in [0.4, 0.5) is 0 Å². The van der Waals surface area contributed by atoms with Gasteiger partial charge in [-0.3, -0.25) is 9.59 Å². The molecule has 0 saturated carbocycles. The van der Waals surface area contributed by atoms with Crippen molar-refractivity contribution in [1.29, 1.82) is 0 Å². The van der Waals surface area contributed by atoms with Crippen LogP contribution in [0, 0.1) is 6.92 Å². The molecule has 0 amide bonds. The zero-order valence-corrected chi connectivity index (χ0v) is 22.0. The Labute approximate surface area is 218 Å². The van der Waals surface area contributed by atoms with E-state index >= 15 is 0 Å². The van der Waals surface area contributed by atoms with Crippen molar-refractivity contribution in [2.75, 3.05) is 0 Å². The third-order valence-corrected chi connectivity index (χ3v) is 8.56. The number of nitrogens with zero attached hydrogens (tertiary/aromatic N) is 3. The van der Waals surface area contributed by atoms with Crippen molar-refractivity contribution < 1.29 is 8.42 Å². The van der Waals surface area contributed by atoms with Gasteiger partial charge in [-0.05, 0) is 43.2 Å². The molecular formula is C28H24ClN3O4S. The van der Waals surface area contributed by atoms with Crippen molar-refractivity contribution in [3.05, 3.63) is 111 Å². The fraction of sp³-hybridized carbons (Fsp3) is 0.143. The number of hydrogen-bond donors (Lipinski definition) is 0. The summed E-state index contributed by atoms with van der Waals surface area (Å²) in [6.07, 6.45) is 3.40. The number of pyridine rings is 2. The molecule has 0 unspecified atom stereocenters. The normalized spacial score (nSPS) is 11.8. The topological polar surface area (TPSA) is 83.1 Å². The van der Waals surface area contributed by atoms with Crippen LogP contribution < -0.4 is 11.1 Å². The van der Waals surface area contributed by atoms with Gasteiger partial charge in [-0.1, -0.05) is 59.6 Å². The molecule has 0 N–H and O–H groups in total. The molecule has 0 aliphatic carbocycles. The number of halogens is 1. The Morgan fingerprint density at radius 2 is 1.54 bits per heavy atom. The molecule has 0 saturated heterocycles. The number of aromatic nitrogens is 3. The number of benzene rings is 2. The number of fused-ring (bicyclic) bond motifs is 1. The summed E-state index contributed by atoms with van der Waals surface area (Å²) in [5.41, 5.74) is 2.84. The van der Waals surface area contributed by atoms with Gasteiger partial charge >= 0.3 is 0 Å². The first-order valence-corrected chi connectivity index (χ1v) is 13.5. The summed E-state index contributed by atoms with van der Waals surface area (Å²) >= 11 is 6.54. The van der Waals surface area contributed by atoms with E-state index in [0.717, 1.165) is 20.7 Å². The lowest BCUT2D eigenvalue weighted by atomic mass is 9.95. The molecule has 5 aromatic rings. The molecule has 0 atom stereocenters. The highest BCUT2D eigenvalue weighted by Crippen LogP contribution is 2.37.